The molecule has 2 unspecified atom stereocenters. The molecule has 2 atom stereocenters. The molecule has 6 nitrogen and oxygen atoms in total. The van der Waals surface area contributed by atoms with Crippen molar-refractivity contribution in [1.82, 2.24) is 0 Å². The van der Waals surface area contributed by atoms with Gasteiger partial charge in [0.05, 0.1) is 24.1 Å². The topological polar surface area (TPSA) is 85.6 Å². The van der Waals surface area contributed by atoms with E-state index in [4.69, 9.17) is 4.74 Å². The third-order valence-electron chi connectivity index (χ3n) is 5.69. The number of anilines is 2. The van der Waals surface area contributed by atoms with Crippen LogP contribution in [0, 0.1) is 11.3 Å². The number of ether oxygens (including phenoxy) is 1. The third kappa shape index (κ3) is 3.61. The highest BCUT2D eigenvalue weighted by Crippen LogP contribution is 2.53. The molecule has 2 aromatic rings. The average molecular weight is 391 g/mol. The lowest BCUT2D eigenvalue weighted by Crippen LogP contribution is -2.41. The van der Waals surface area contributed by atoms with Gasteiger partial charge in [-0.2, -0.15) is 5.26 Å². The minimum atomic E-state index is -0.484. The Morgan fingerprint density at radius 2 is 1.97 bits per heavy atom. The van der Waals surface area contributed by atoms with E-state index in [0.29, 0.717) is 11.7 Å². The van der Waals surface area contributed by atoms with E-state index in [2.05, 4.69) is 16.3 Å². The molecular formula is C23H25N3O3. The average Bonchev–Trinajstić information content (AvgIpc) is 2.93. The molecule has 2 N–H and O–H groups in total. The number of aromatic hydroxyl groups is 1. The second kappa shape index (κ2) is 7.67. The molecule has 2 aromatic carbocycles. The summed E-state index contributed by atoms with van der Waals surface area (Å²) in [6.07, 6.45) is 2.69. The molecule has 0 spiro atoms. The van der Waals surface area contributed by atoms with Crippen LogP contribution in [-0.4, -0.2) is 23.3 Å². The van der Waals surface area contributed by atoms with Gasteiger partial charge in [0.25, 0.3) is 0 Å². The van der Waals surface area contributed by atoms with Gasteiger partial charge in [-0.3, -0.25) is 5.32 Å². The lowest BCUT2D eigenvalue weighted by Gasteiger charge is -2.41. The zero-order valence-corrected chi connectivity index (χ0v) is 16.6. The summed E-state index contributed by atoms with van der Waals surface area (Å²) in [5.41, 5.74) is 3.58. The minimum Gasteiger partial charge on any atom is -0.508 e. The first-order chi connectivity index (χ1) is 14.0. The number of nitriles is 1. The molecule has 4 rings (SSSR count). The number of rotatable bonds is 4. The van der Waals surface area contributed by atoms with Crippen LogP contribution in [-0.2, 0) is 4.74 Å². The SMILES string of the molecule is CC(C)OC(=O)Nc1ccc(C2C(C#N)c3ccc(O)cc3N2C2CCC2)cc1. The van der Waals surface area contributed by atoms with Crippen molar-refractivity contribution in [2.45, 2.75) is 57.2 Å². The number of fused-ring (bicyclic) bond motifs is 1. The molecule has 150 valence electrons. The first-order valence-electron chi connectivity index (χ1n) is 10.1. The van der Waals surface area contributed by atoms with Crippen LogP contribution in [0.4, 0.5) is 16.2 Å². The Balaban J connectivity index is 1.64. The normalized spacial score (nSPS) is 20.7. The van der Waals surface area contributed by atoms with Crippen molar-refractivity contribution in [3.63, 3.8) is 0 Å². The maximum Gasteiger partial charge on any atom is 0.411 e. The number of phenolic OH excluding ortho intramolecular Hbond substituents is 1. The summed E-state index contributed by atoms with van der Waals surface area (Å²) in [6.45, 7) is 3.60. The van der Waals surface area contributed by atoms with Gasteiger partial charge in [0.15, 0.2) is 0 Å². The van der Waals surface area contributed by atoms with E-state index in [-0.39, 0.29) is 23.8 Å². The van der Waals surface area contributed by atoms with Gasteiger partial charge in [-0.05, 0) is 62.4 Å². The van der Waals surface area contributed by atoms with Crippen molar-refractivity contribution in [2.75, 3.05) is 10.2 Å². The van der Waals surface area contributed by atoms with Crippen LogP contribution >= 0.6 is 0 Å². The van der Waals surface area contributed by atoms with Gasteiger partial charge in [-0.15, -0.1) is 0 Å². The monoisotopic (exact) mass is 391 g/mol. The summed E-state index contributed by atoms with van der Waals surface area (Å²) in [6, 6.07) is 15.6. The van der Waals surface area contributed by atoms with Gasteiger partial charge >= 0.3 is 6.09 Å². The molecule has 6 heteroatoms. The zero-order valence-electron chi connectivity index (χ0n) is 16.6. The Morgan fingerprint density at radius 1 is 1.24 bits per heavy atom. The van der Waals surface area contributed by atoms with Crippen molar-refractivity contribution < 1.29 is 14.6 Å². The summed E-state index contributed by atoms with van der Waals surface area (Å²) >= 11 is 0. The smallest absolute Gasteiger partial charge is 0.411 e. The van der Waals surface area contributed by atoms with Gasteiger partial charge in [-0.1, -0.05) is 18.2 Å². The standard InChI is InChI=1S/C23H25N3O3/c1-14(2)29-23(28)25-16-8-6-15(7-9-16)22-20(13-24)19-11-10-18(27)12-21(19)26(22)17-4-3-5-17/h6-12,14,17,20,22,27H,3-5H2,1-2H3,(H,25,28). The summed E-state index contributed by atoms with van der Waals surface area (Å²) in [4.78, 5) is 14.1. The number of benzene rings is 2. The molecule has 0 bridgehead atoms. The van der Waals surface area contributed by atoms with Crippen LogP contribution in [0.1, 0.15) is 56.2 Å². The molecule has 29 heavy (non-hydrogen) atoms. The van der Waals surface area contributed by atoms with Gasteiger partial charge in [-0.25, -0.2) is 4.79 Å². The van der Waals surface area contributed by atoms with E-state index in [1.54, 1.807) is 26.0 Å². The number of carbonyl (C=O) groups is 1. The molecule has 1 aliphatic heterocycles. The van der Waals surface area contributed by atoms with E-state index < -0.39 is 6.09 Å². The van der Waals surface area contributed by atoms with Crippen LogP contribution in [0.2, 0.25) is 0 Å². The number of carbonyl (C=O) groups excluding carboxylic acids is 1. The van der Waals surface area contributed by atoms with Crippen LogP contribution in [0.15, 0.2) is 42.5 Å². The second-order valence-electron chi connectivity index (χ2n) is 7.99. The maximum absolute atomic E-state index is 11.8. The van der Waals surface area contributed by atoms with Gasteiger partial charge in [0.1, 0.15) is 5.75 Å². The highest BCUT2D eigenvalue weighted by molar-refractivity contribution is 5.84. The number of hydrogen-bond acceptors (Lipinski definition) is 5. The van der Waals surface area contributed by atoms with Crippen LogP contribution in [0.3, 0.4) is 0 Å². The Bertz CT molecular complexity index is 945. The van der Waals surface area contributed by atoms with E-state index >= 15 is 0 Å². The Hall–Kier alpha value is -3.20. The summed E-state index contributed by atoms with van der Waals surface area (Å²) in [5, 5.41) is 22.7. The van der Waals surface area contributed by atoms with E-state index in [1.807, 2.05) is 30.3 Å². The number of hydrogen-bond donors (Lipinski definition) is 2. The molecule has 0 saturated heterocycles. The van der Waals surface area contributed by atoms with Crippen molar-refractivity contribution in [1.29, 1.82) is 5.26 Å². The van der Waals surface area contributed by atoms with E-state index in [1.165, 1.54) is 6.42 Å². The molecule has 2 aliphatic rings. The largest absolute Gasteiger partial charge is 0.508 e. The predicted molar refractivity (Wildman–Crippen MR) is 111 cm³/mol. The Morgan fingerprint density at radius 3 is 2.55 bits per heavy atom. The lowest BCUT2D eigenvalue weighted by atomic mass is 9.87. The van der Waals surface area contributed by atoms with Crippen molar-refractivity contribution in [3.8, 4) is 11.8 Å². The first kappa shape index (κ1) is 19.1. The maximum atomic E-state index is 11.8. The highest BCUT2D eigenvalue weighted by atomic mass is 16.6. The fourth-order valence-electron chi connectivity index (χ4n) is 4.21. The molecule has 0 aromatic heterocycles. The predicted octanol–water partition coefficient (Wildman–Crippen LogP) is 5.07. The number of phenols is 1. The summed E-state index contributed by atoms with van der Waals surface area (Å²) in [7, 11) is 0. The Labute approximate surface area is 170 Å². The van der Waals surface area contributed by atoms with Crippen LogP contribution in [0.25, 0.3) is 0 Å². The van der Waals surface area contributed by atoms with Gasteiger partial charge < -0.3 is 14.7 Å². The third-order valence-corrected chi connectivity index (χ3v) is 5.69. The van der Waals surface area contributed by atoms with Crippen molar-refractivity contribution in [3.05, 3.63) is 53.6 Å². The Kier molecular flexibility index (Phi) is 5.06. The van der Waals surface area contributed by atoms with E-state index in [9.17, 15) is 15.2 Å². The fraction of sp³-hybridized carbons (Fsp3) is 0.391. The fourth-order valence-corrected chi connectivity index (χ4v) is 4.21. The van der Waals surface area contributed by atoms with Crippen molar-refractivity contribution in [2.24, 2.45) is 0 Å². The highest BCUT2D eigenvalue weighted by Gasteiger charge is 2.44. The second-order valence-corrected chi connectivity index (χ2v) is 7.99. The van der Waals surface area contributed by atoms with Gasteiger partial charge in [0.2, 0.25) is 0 Å². The quantitative estimate of drug-likeness (QED) is 0.760. The number of nitrogens with one attached hydrogen (secondary N) is 1. The minimum absolute atomic E-state index is 0.112. The summed E-state index contributed by atoms with van der Waals surface area (Å²) in [5.74, 6) is -0.0930. The first-order valence-corrected chi connectivity index (χ1v) is 10.1. The van der Waals surface area contributed by atoms with Crippen molar-refractivity contribution >= 4 is 17.5 Å². The number of amides is 1. The molecule has 1 saturated carbocycles. The zero-order chi connectivity index (χ0) is 20.5. The molecule has 1 heterocycles. The molecule has 1 fully saturated rings. The molecule has 1 aliphatic carbocycles. The van der Waals surface area contributed by atoms with Gasteiger partial charge in [0, 0.05) is 23.5 Å². The molecule has 0 radical (unpaired) electrons. The summed E-state index contributed by atoms with van der Waals surface area (Å²) < 4.78 is 5.12. The van der Waals surface area contributed by atoms with Crippen LogP contribution < -0.4 is 10.2 Å². The molecule has 1 amide bonds. The molecular weight excluding hydrogens is 366 g/mol. The van der Waals surface area contributed by atoms with Crippen LogP contribution in [0.5, 0.6) is 5.75 Å². The lowest BCUT2D eigenvalue weighted by molar-refractivity contribution is 0.130. The number of nitrogens with zero attached hydrogens (tertiary/aromatic N) is 2. The van der Waals surface area contributed by atoms with E-state index in [0.717, 1.165) is 29.7 Å².